The van der Waals surface area contributed by atoms with Gasteiger partial charge in [-0.1, -0.05) is 18.3 Å². The lowest BCUT2D eigenvalue weighted by molar-refractivity contribution is 0.646. The molecular formula is C13H15N5S2. The van der Waals surface area contributed by atoms with E-state index in [1.165, 1.54) is 0 Å². The molecule has 0 bridgehead atoms. The minimum absolute atomic E-state index is 0.341. The summed E-state index contributed by atoms with van der Waals surface area (Å²) in [6.45, 7) is 3.75. The molecule has 0 radical (unpaired) electrons. The Hall–Kier alpha value is -1.73. The number of hydrogen-bond donors (Lipinski definition) is 1. The number of pyridine rings is 1. The molecule has 0 unspecified atom stereocenters. The van der Waals surface area contributed by atoms with Crippen LogP contribution in [0.1, 0.15) is 5.69 Å². The first-order valence-corrected chi connectivity index (χ1v) is 7.69. The molecule has 3 rings (SSSR count). The standard InChI is InChI=1S/C13H15N5S2/c14-12(19)10-2-1-3-11(16-10)17-5-7-18(8-6-17)13-15-4-9-20-13/h1-4,9H,5-8H2,(H2,14,19). The SMILES string of the molecule is NC(=S)c1cccc(N2CCN(c3nccs3)CC2)n1. The van der Waals surface area contributed by atoms with E-state index in [0.717, 1.165) is 37.1 Å². The molecule has 2 aromatic heterocycles. The predicted molar refractivity (Wildman–Crippen MR) is 86.7 cm³/mol. The lowest BCUT2D eigenvalue weighted by atomic mass is 10.3. The maximum Gasteiger partial charge on any atom is 0.185 e. The van der Waals surface area contributed by atoms with Gasteiger partial charge in [0.15, 0.2) is 5.13 Å². The zero-order chi connectivity index (χ0) is 13.9. The van der Waals surface area contributed by atoms with Crippen LogP contribution in [0.25, 0.3) is 0 Å². The van der Waals surface area contributed by atoms with E-state index in [1.807, 2.05) is 29.8 Å². The second-order valence-corrected chi connectivity index (χ2v) is 5.85. The number of nitrogens with zero attached hydrogens (tertiary/aromatic N) is 4. The molecule has 1 aliphatic rings. The number of anilines is 2. The summed E-state index contributed by atoms with van der Waals surface area (Å²) < 4.78 is 0. The number of piperazine rings is 1. The predicted octanol–water partition coefficient (Wildman–Crippen LogP) is 1.50. The quantitative estimate of drug-likeness (QED) is 0.867. The van der Waals surface area contributed by atoms with Crippen LogP contribution in [0.4, 0.5) is 10.9 Å². The van der Waals surface area contributed by atoms with Gasteiger partial charge in [-0.3, -0.25) is 0 Å². The second-order valence-electron chi connectivity index (χ2n) is 4.53. The highest BCUT2D eigenvalue weighted by Crippen LogP contribution is 2.21. The fraction of sp³-hybridized carbons (Fsp3) is 0.308. The van der Waals surface area contributed by atoms with Crippen molar-refractivity contribution in [1.29, 1.82) is 0 Å². The van der Waals surface area contributed by atoms with Crippen molar-refractivity contribution in [1.82, 2.24) is 9.97 Å². The molecule has 7 heteroatoms. The first-order chi connectivity index (χ1) is 9.74. The highest BCUT2D eigenvalue weighted by atomic mass is 32.1. The number of aromatic nitrogens is 2. The summed E-state index contributed by atoms with van der Waals surface area (Å²) in [5.41, 5.74) is 6.31. The van der Waals surface area contributed by atoms with Crippen molar-refractivity contribution in [2.75, 3.05) is 36.0 Å². The van der Waals surface area contributed by atoms with Crippen LogP contribution in [-0.2, 0) is 0 Å². The minimum Gasteiger partial charge on any atom is -0.388 e. The van der Waals surface area contributed by atoms with E-state index in [9.17, 15) is 0 Å². The molecule has 2 N–H and O–H groups in total. The molecule has 0 atom stereocenters. The largest absolute Gasteiger partial charge is 0.388 e. The van der Waals surface area contributed by atoms with Crippen LogP contribution in [-0.4, -0.2) is 41.1 Å². The lowest BCUT2D eigenvalue weighted by Crippen LogP contribution is -2.46. The van der Waals surface area contributed by atoms with Gasteiger partial charge in [0.25, 0.3) is 0 Å². The molecule has 0 aliphatic carbocycles. The van der Waals surface area contributed by atoms with Gasteiger partial charge in [0.05, 0.1) is 5.69 Å². The minimum atomic E-state index is 0.341. The Morgan fingerprint density at radius 3 is 2.60 bits per heavy atom. The van der Waals surface area contributed by atoms with E-state index in [2.05, 4.69) is 19.8 Å². The molecule has 1 fully saturated rings. The molecule has 0 saturated carbocycles. The number of thiocarbonyl (C=S) groups is 1. The van der Waals surface area contributed by atoms with Crippen molar-refractivity contribution < 1.29 is 0 Å². The fourth-order valence-electron chi connectivity index (χ4n) is 2.24. The maximum atomic E-state index is 5.63. The summed E-state index contributed by atoms with van der Waals surface area (Å²) >= 11 is 6.66. The van der Waals surface area contributed by atoms with Crippen LogP contribution < -0.4 is 15.5 Å². The lowest BCUT2D eigenvalue weighted by Gasteiger charge is -2.35. The smallest absolute Gasteiger partial charge is 0.185 e. The van der Waals surface area contributed by atoms with Crippen molar-refractivity contribution in [2.24, 2.45) is 5.73 Å². The van der Waals surface area contributed by atoms with E-state index in [1.54, 1.807) is 11.3 Å². The average Bonchev–Trinajstić information content (AvgIpc) is 3.02. The first-order valence-electron chi connectivity index (χ1n) is 6.40. The van der Waals surface area contributed by atoms with Crippen molar-refractivity contribution in [3.8, 4) is 0 Å². The first kappa shape index (κ1) is 13.3. The van der Waals surface area contributed by atoms with Crippen LogP contribution in [0.2, 0.25) is 0 Å². The van der Waals surface area contributed by atoms with E-state index in [0.29, 0.717) is 10.7 Å². The van der Waals surface area contributed by atoms with Gasteiger partial charge in [-0.15, -0.1) is 11.3 Å². The zero-order valence-corrected chi connectivity index (χ0v) is 12.5. The number of nitrogens with two attached hydrogens (primary N) is 1. The molecule has 1 saturated heterocycles. The molecule has 0 aromatic carbocycles. The summed E-state index contributed by atoms with van der Waals surface area (Å²) in [7, 11) is 0. The Kier molecular flexibility index (Phi) is 3.79. The normalized spacial score (nSPS) is 15.4. The van der Waals surface area contributed by atoms with Crippen molar-refractivity contribution >= 4 is 39.5 Å². The highest BCUT2D eigenvalue weighted by molar-refractivity contribution is 7.80. The molecule has 104 valence electrons. The summed E-state index contributed by atoms with van der Waals surface area (Å²) in [6, 6.07) is 5.79. The molecule has 20 heavy (non-hydrogen) atoms. The van der Waals surface area contributed by atoms with Gasteiger partial charge in [-0.05, 0) is 12.1 Å². The van der Waals surface area contributed by atoms with E-state index < -0.39 is 0 Å². The van der Waals surface area contributed by atoms with Gasteiger partial charge in [0.2, 0.25) is 0 Å². The van der Waals surface area contributed by atoms with E-state index in [4.69, 9.17) is 18.0 Å². The van der Waals surface area contributed by atoms with E-state index >= 15 is 0 Å². The zero-order valence-electron chi connectivity index (χ0n) is 10.9. The third-order valence-electron chi connectivity index (χ3n) is 3.28. The summed E-state index contributed by atoms with van der Waals surface area (Å²) in [5.74, 6) is 0.939. The number of thiazole rings is 1. The molecule has 5 nitrogen and oxygen atoms in total. The summed E-state index contributed by atoms with van der Waals surface area (Å²) in [6.07, 6.45) is 1.85. The topological polar surface area (TPSA) is 58.3 Å². The Morgan fingerprint density at radius 1 is 1.20 bits per heavy atom. The van der Waals surface area contributed by atoms with Crippen LogP contribution in [0, 0.1) is 0 Å². The molecule has 2 aromatic rings. The van der Waals surface area contributed by atoms with Crippen LogP contribution in [0.15, 0.2) is 29.8 Å². The van der Waals surface area contributed by atoms with Gasteiger partial charge in [0, 0.05) is 37.8 Å². The number of hydrogen-bond acceptors (Lipinski definition) is 6. The van der Waals surface area contributed by atoms with Gasteiger partial charge >= 0.3 is 0 Å². The molecule has 3 heterocycles. The van der Waals surface area contributed by atoms with Gasteiger partial charge in [0.1, 0.15) is 10.8 Å². The Bertz CT molecular complexity index is 591. The van der Waals surface area contributed by atoms with E-state index in [-0.39, 0.29) is 0 Å². The van der Waals surface area contributed by atoms with Crippen LogP contribution in [0.3, 0.4) is 0 Å². The summed E-state index contributed by atoms with van der Waals surface area (Å²) in [4.78, 5) is 13.8. The molecule has 1 aliphatic heterocycles. The highest BCUT2D eigenvalue weighted by Gasteiger charge is 2.19. The Labute approximate surface area is 127 Å². The van der Waals surface area contributed by atoms with Gasteiger partial charge in [-0.25, -0.2) is 9.97 Å². The van der Waals surface area contributed by atoms with Gasteiger partial charge in [-0.2, -0.15) is 0 Å². The average molecular weight is 305 g/mol. The third kappa shape index (κ3) is 2.73. The number of rotatable bonds is 3. The van der Waals surface area contributed by atoms with Crippen molar-refractivity contribution in [3.05, 3.63) is 35.5 Å². The second kappa shape index (κ2) is 5.72. The molecule has 0 amide bonds. The fourth-order valence-corrected chi connectivity index (χ4v) is 3.05. The molecule has 0 spiro atoms. The van der Waals surface area contributed by atoms with Crippen molar-refractivity contribution in [3.63, 3.8) is 0 Å². The maximum absolute atomic E-state index is 5.63. The van der Waals surface area contributed by atoms with Crippen LogP contribution >= 0.6 is 23.6 Å². The Morgan fingerprint density at radius 2 is 1.95 bits per heavy atom. The summed E-state index contributed by atoms with van der Waals surface area (Å²) in [5, 5.41) is 3.10. The van der Waals surface area contributed by atoms with Crippen LogP contribution in [0.5, 0.6) is 0 Å². The Balaban J connectivity index is 1.69. The monoisotopic (exact) mass is 305 g/mol. The third-order valence-corrected chi connectivity index (χ3v) is 4.32. The van der Waals surface area contributed by atoms with Gasteiger partial charge < -0.3 is 15.5 Å². The van der Waals surface area contributed by atoms with Crippen molar-refractivity contribution in [2.45, 2.75) is 0 Å². The molecular weight excluding hydrogens is 290 g/mol.